The number of aromatic nitrogens is 2. The molecular weight excluding hydrogens is 268 g/mol. The van der Waals surface area contributed by atoms with Crippen molar-refractivity contribution in [2.24, 2.45) is 0 Å². The smallest absolute Gasteiger partial charge is 0.330 e. The summed E-state index contributed by atoms with van der Waals surface area (Å²) in [4.78, 5) is 25.7. The fourth-order valence-electron chi connectivity index (χ4n) is 2.08. The third-order valence-electron chi connectivity index (χ3n) is 3.47. The molecule has 0 radical (unpaired) electrons. The zero-order valence-electron chi connectivity index (χ0n) is 14.2. The molecule has 1 aromatic rings. The standard InChI is InChI=1S/C12H18N2O6/c1-5-6(2)14(11(18)13-9(5)17)10-12(3,19)8(16)7(4-15)20-10/h7-8,10,15-16,19H,4H2,1-3H3,(H,13,17,18)/t7-,8-,10-,12-/m1/s1/i4D,7D,8D/t4?,7-,8-,10-,12-. The van der Waals surface area contributed by atoms with Crippen molar-refractivity contribution in [2.75, 3.05) is 6.58 Å². The first-order valence-corrected chi connectivity index (χ1v) is 5.84. The van der Waals surface area contributed by atoms with Crippen LogP contribution in [0.15, 0.2) is 9.59 Å². The molecule has 5 atom stereocenters. The Morgan fingerprint density at radius 2 is 2.15 bits per heavy atom. The van der Waals surface area contributed by atoms with Gasteiger partial charge in [-0.05, 0) is 20.8 Å². The highest BCUT2D eigenvalue weighted by molar-refractivity contribution is 5.16. The highest BCUT2D eigenvalue weighted by Crippen LogP contribution is 2.37. The van der Waals surface area contributed by atoms with Crippen molar-refractivity contribution in [2.45, 2.75) is 44.8 Å². The van der Waals surface area contributed by atoms with E-state index in [4.69, 9.17) is 8.85 Å². The van der Waals surface area contributed by atoms with Crippen LogP contribution in [0.5, 0.6) is 0 Å². The van der Waals surface area contributed by atoms with E-state index in [-0.39, 0.29) is 11.3 Å². The number of aliphatic hydroxyl groups excluding tert-OH is 1. The van der Waals surface area contributed by atoms with Crippen molar-refractivity contribution >= 4 is 0 Å². The molecule has 2 heterocycles. The lowest BCUT2D eigenvalue weighted by molar-refractivity contribution is -0.0996. The maximum Gasteiger partial charge on any atom is 0.330 e. The van der Waals surface area contributed by atoms with Crippen molar-refractivity contribution in [3.8, 4) is 0 Å². The molecule has 1 aliphatic rings. The molecule has 0 spiro atoms. The van der Waals surface area contributed by atoms with Crippen molar-refractivity contribution in [3.63, 3.8) is 0 Å². The molecule has 1 fully saturated rings. The molecule has 8 heteroatoms. The molecule has 4 N–H and O–H groups in total. The minimum atomic E-state index is -3.12. The Morgan fingerprint density at radius 3 is 2.65 bits per heavy atom. The number of hydrogen-bond acceptors (Lipinski definition) is 6. The largest absolute Gasteiger partial charge is 0.394 e. The minimum absolute atomic E-state index is 0.0866. The van der Waals surface area contributed by atoms with Crippen LogP contribution in [0.2, 0.25) is 0 Å². The lowest BCUT2D eigenvalue weighted by atomic mass is 9.96. The van der Waals surface area contributed by atoms with Crippen LogP contribution in [0.1, 0.15) is 28.5 Å². The van der Waals surface area contributed by atoms with E-state index in [2.05, 4.69) is 0 Å². The summed E-state index contributed by atoms with van der Waals surface area (Å²) in [7, 11) is 0. The minimum Gasteiger partial charge on any atom is -0.394 e. The summed E-state index contributed by atoms with van der Waals surface area (Å²) in [6.45, 7) is 1.35. The Kier molecular flexibility index (Phi) is 2.70. The van der Waals surface area contributed by atoms with Gasteiger partial charge in [0.05, 0.1) is 10.7 Å². The summed E-state index contributed by atoms with van der Waals surface area (Å²) < 4.78 is 28.8. The molecule has 1 saturated heterocycles. The van der Waals surface area contributed by atoms with Gasteiger partial charge in [-0.3, -0.25) is 14.3 Å². The number of aromatic amines is 1. The van der Waals surface area contributed by atoms with Crippen LogP contribution < -0.4 is 11.2 Å². The Balaban J connectivity index is 2.75. The molecule has 0 aliphatic carbocycles. The van der Waals surface area contributed by atoms with Crippen LogP contribution in [-0.4, -0.2) is 49.2 Å². The fraction of sp³-hybridized carbons (Fsp3) is 0.667. The van der Waals surface area contributed by atoms with Gasteiger partial charge < -0.3 is 20.1 Å². The SMILES string of the molecule is [2H]C(O)[C@@]1([2H])O[C@@H](n2c(C)c(C)c(=O)[nH]c2=O)[C@](C)(O)[C@]1([2H])O. The maximum atomic E-state index is 12.1. The van der Waals surface area contributed by atoms with Gasteiger partial charge in [0.1, 0.15) is 17.8 Å². The molecule has 112 valence electrons. The van der Waals surface area contributed by atoms with Crippen molar-refractivity contribution < 1.29 is 24.2 Å². The zero-order chi connectivity index (χ0) is 18.0. The van der Waals surface area contributed by atoms with Gasteiger partial charge in [0, 0.05) is 11.3 Å². The van der Waals surface area contributed by atoms with Gasteiger partial charge in [-0.25, -0.2) is 4.79 Å². The molecular formula is C12H18N2O6. The molecule has 1 aliphatic heterocycles. The summed E-state index contributed by atoms with van der Waals surface area (Å²) in [6.07, 6.45) is -7.83. The molecule has 1 aromatic heterocycles. The first-order valence-electron chi connectivity index (χ1n) is 7.41. The third kappa shape index (κ3) is 2.01. The summed E-state index contributed by atoms with van der Waals surface area (Å²) in [6, 6.07) is 0. The van der Waals surface area contributed by atoms with Crippen LogP contribution in [0, 0.1) is 13.8 Å². The highest BCUT2D eigenvalue weighted by Gasteiger charge is 2.53. The van der Waals surface area contributed by atoms with Gasteiger partial charge in [-0.15, -0.1) is 0 Å². The van der Waals surface area contributed by atoms with E-state index >= 15 is 0 Å². The van der Waals surface area contributed by atoms with E-state index in [1.807, 2.05) is 4.98 Å². The Labute approximate surface area is 118 Å². The molecule has 1 unspecified atom stereocenters. The molecule has 2 rings (SSSR count). The van der Waals surface area contributed by atoms with Crippen LogP contribution >= 0.6 is 0 Å². The molecule has 0 saturated carbocycles. The monoisotopic (exact) mass is 289 g/mol. The number of ether oxygens (including phenoxy) is 1. The summed E-state index contributed by atoms with van der Waals surface area (Å²) >= 11 is 0. The van der Waals surface area contributed by atoms with Crippen molar-refractivity contribution in [1.82, 2.24) is 9.55 Å². The van der Waals surface area contributed by atoms with Crippen LogP contribution in [0.4, 0.5) is 0 Å². The second kappa shape index (κ2) is 4.81. The number of hydrogen-bond donors (Lipinski definition) is 4. The summed E-state index contributed by atoms with van der Waals surface area (Å²) in [5.74, 6) is 0. The van der Waals surface area contributed by atoms with E-state index in [0.29, 0.717) is 0 Å². The third-order valence-corrected chi connectivity index (χ3v) is 3.47. The van der Waals surface area contributed by atoms with Gasteiger partial charge in [0.15, 0.2) is 6.23 Å². The van der Waals surface area contributed by atoms with Gasteiger partial charge in [0.25, 0.3) is 5.56 Å². The normalized spacial score (nSPS) is 44.7. The summed E-state index contributed by atoms with van der Waals surface area (Å²) in [5, 5.41) is 30.1. The van der Waals surface area contributed by atoms with Gasteiger partial charge in [-0.1, -0.05) is 0 Å². The summed E-state index contributed by atoms with van der Waals surface area (Å²) in [5.41, 5.74) is -3.95. The predicted octanol–water partition coefficient (Wildman–Crippen LogP) is -1.84. The molecule has 0 amide bonds. The topological polar surface area (TPSA) is 125 Å². The highest BCUT2D eigenvalue weighted by atomic mass is 16.6. The van der Waals surface area contributed by atoms with Gasteiger partial charge in [-0.2, -0.15) is 0 Å². The first kappa shape index (κ1) is 11.2. The van der Waals surface area contributed by atoms with Gasteiger partial charge >= 0.3 is 5.69 Å². The lowest BCUT2D eigenvalue weighted by Crippen LogP contribution is -2.47. The van der Waals surface area contributed by atoms with Crippen molar-refractivity contribution in [3.05, 3.63) is 32.1 Å². The Hall–Kier alpha value is -1.48. The van der Waals surface area contributed by atoms with E-state index in [1.54, 1.807) is 0 Å². The number of aliphatic hydroxyl groups is 3. The van der Waals surface area contributed by atoms with Crippen molar-refractivity contribution in [1.29, 1.82) is 0 Å². The number of nitrogens with one attached hydrogen (secondary N) is 1. The average molecular weight is 289 g/mol. The second-order valence-electron chi connectivity index (χ2n) is 4.80. The van der Waals surface area contributed by atoms with Crippen LogP contribution in [0.3, 0.4) is 0 Å². The maximum absolute atomic E-state index is 12.1. The number of nitrogens with zero attached hydrogens (tertiary/aromatic N) is 1. The second-order valence-corrected chi connectivity index (χ2v) is 4.80. The van der Waals surface area contributed by atoms with E-state index in [9.17, 15) is 24.9 Å². The molecule has 20 heavy (non-hydrogen) atoms. The van der Waals surface area contributed by atoms with Crippen LogP contribution in [-0.2, 0) is 4.74 Å². The Morgan fingerprint density at radius 1 is 1.55 bits per heavy atom. The molecule has 0 aromatic carbocycles. The lowest BCUT2D eigenvalue weighted by Gasteiger charge is -2.29. The zero-order valence-corrected chi connectivity index (χ0v) is 11.2. The van der Waals surface area contributed by atoms with Crippen LogP contribution in [0.25, 0.3) is 0 Å². The fourth-order valence-corrected chi connectivity index (χ4v) is 2.08. The molecule has 8 nitrogen and oxygen atoms in total. The van der Waals surface area contributed by atoms with Gasteiger partial charge in [0.2, 0.25) is 0 Å². The molecule has 0 bridgehead atoms. The Bertz CT molecular complexity index is 753. The predicted molar refractivity (Wildman–Crippen MR) is 68.4 cm³/mol. The van der Waals surface area contributed by atoms with E-state index in [1.165, 1.54) is 13.8 Å². The quantitative estimate of drug-likeness (QED) is 0.507. The number of H-pyrrole nitrogens is 1. The van der Waals surface area contributed by atoms with E-state index in [0.717, 1.165) is 11.5 Å². The average Bonchev–Trinajstić information content (AvgIpc) is 2.55. The van der Waals surface area contributed by atoms with E-state index < -0.39 is 41.8 Å². The first-order chi connectivity index (χ1) is 10.3. The number of rotatable bonds is 2.